The lowest BCUT2D eigenvalue weighted by molar-refractivity contribution is 0.171. The fraction of sp³-hybridized carbons (Fsp3) is 0.684. The normalized spacial score (nSPS) is 28.2. The summed E-state index contributed by atoms with van der Waals surface area (Å²) < 4.78 is 5.59. The van der Waals surface area contributed by atoms with Crippen LogP contribution in [0.4, 0.5) is 0 Å². The number of nitrogens with two attached hydrogens (primary N) is 1. The van der Waals surface area contributed by atoms with Gasteiger partial charge in [-0.2, -0.15) is 0 Å². The van der Waals surface area contributed by atoms with Gasteiger partial charge in [-0.25, -0.2) is 0 Å². The van der Waals surface area contributed by atoms with Crippen molar-refractivity contribution in [3.63, 3.8) is 0 Å². The van der Waals surface area contributed by atoms with Crippen molar-refractivity contribution in [1.82, 2.24) is 0 Å². The first-order chi connectivity index (χ1) is 10.3. The quantitative estimate of drug-likeness (QED) is 0.890. The number of hydrogen-bond acceptors (Lipinski definition) is 2. The highest BCUT2D eigenvalue weighted by atomic mass is 16.5. The summed E-state index contributed by atoms with van der Waals surface area (Å²) >= 11 is 0. The Hall–Kier alpha value is -1.02. The van der Waals surface area contributed by atoms with Gasteiger partial charge in [-0.05, 0) is 67.2 Å². The minimum absolute atomic E-state index is 0.755. The van der Waals surface area contributed by atoms with Crippen molar-refractivity contribution in [1.29, 1.82) is 0 Å². The SMILES string of the molecule is CCC1CCC(CN)C(CCc2ccc3c(c2)CCO3)C1. The molecule has 0 saturated heterocycles. The molecule has 1 fully saturated rings. The molecule has 0 radical (unpaired) electrons. The minimum Gasteiger partial charge on any atom is -0.493 e. The van der Waals surface area contributed by atoms with Crippen LogP contribution in [0.1, 0.15) is 50.2 Å². The molecular weight excluding hydrogens is 258 g/mol. The van der Waals surface area contributed by atoms with Gasteiger partial charge < -0.3 is 10.5 Å². The van der Waals surface area contributed by atoms with Crippen LogP contribution in [0.3, 0.4) is 0 Å². The topological polar surface area (TPSA) is 35.2 Å². The third-order valence-electron chi connectivity index (χ3n) is 5.69. The number of ether oxygens (including phenoxy) is 1. The molecule has 1 heterocycles. The molecule has 3 rings (SSSR count). The summed E-state index contributed by atoms with van der Waals surface area (Å²) in [6.07, 6.45) is 9.05. The first-order valence-corrected chi connectivity index (χ1v) is 8.74. The van der Waals surface area contributed by atoms with Gasteiger partial charge in [0.05, 0.1) is 6.61 Å². The predicted molar refractivity (Wildman–Crippen MR) is 87.6 cm³/mol. The highest BCUT2D eigenvalue weighted by Gasteiger charge is 2.28. The van der Waals surface area contributed by atoms with Crippen LogP contribution >= 0.6 is 0 Å². The van der Waals surface area contributed by atoms with Crippen LogP contribution in [0.2, 0.25) is 0 Å². The summed E-state index contributed by atoms with van der Waals surface area (Å²) in [4.78, 5) is 0. The molecule has 0 amide bonds. The maximum absolute atomic E-state index is 6.01. The zero-order valence-corrected chi connectivity index (χ0v) is 13.3. The maximum Gasteiger partial charge on any atom is 0.122 e. The van der Waals surface area contributed by atoms with E-state index < -0.39 is 0 Å². The second-order valence-electron chi connectivity index (χ2n) is 6.92. The van der Waals surface area contributed by atoms with Crippen LogP contribution in [0.25, 0.3) is 0 Å². The Morgan fingerprint density at radius 3 is 2.95 bits per heavy atom. The highest BCUT2D eigenvalue weighted by molar-refractivity contribution is 5.39. The Bertz CT molecular complexity index is 471. The summed E-state index contributed by atoms with van der Waals surface area (Å²) in [6, 6.07) is 6.77. The Kier molecular flexibility index (Phi) is 4.84. The lowest BCUT2D eigenvalue weighted by Crippen LogP contribution is -2.30. The lowest BCUT2D eigenvalue weighted by atomic mass is 9.71. The van der Waals surface area contributed by atoms with Crippen molar-refractivity contribution in [2.75, 3.05) is 13.2 Å². The van der Waals surface area contributed by atoms with Crippen LogP contribution in [-0.2, 0) is 12.8 Å². The van der Waals surface area contributed by atoms with Crippen molar-refractivity contribution in [3.8, 4) is 5.75 Å². The summed E-state index contributed by atoms with van der Waals surface area (Å²) in [5.74, 6) is 3.62. The monoisotopic (exact) mass is 287 g/mol. The van der Waals surface area contributed by atoms with E-state index in [1.807, 2.05) is 0 Å². The Labute approximate surface area is 129 Å². The Morgan fingerprint density at radius 1 is 1.24 bits per heavy atom. The summed E-state index contributed by atoms with van der Waals surface area (Å²) in [5.41, 5.74) is 8.89. The molecule has 3 atom stereocenters. The van der Waals surface area contributed by atoms with Gasteiger partial charge in [0.1, 0.15) is 5.75 Å². The molecule has 0 bridgehead atoms. The molecule has 2 heteroatoms. The fourth-order valence-electron chi connectivity index (χ4n) is 4.21. The molecule has 2 aliphatic rings. The first-order valence-electron chi connectivity index (χ1n) is 8.74. The molecule has 0 aromatic heterocycles. The third kappa shape index (κ3) is 3.42. The van der Waals surface area contributed by atoms with Gasteiger partial charge in [0.2, 0.25) is 0 Å². The molecular formula is C19H29NO. The molecule has 21 heavy (non-hydrogen) atoms. The van der Waals surface area contributed by atoms with E-state index in [9.17, 15) is 0 Å². The van der Waals surface area contributed by atoms with Crippen LogP contribution < -0.4 is 10.5 Å². The number of hydrogen-bond donors (Lipinski definition) is 1. The molecule has 3 unspecified atom stereocenters. The average molecular weight is 287 g/mol. The van der Waals surface area contributed by atoms with E-state index in [2.05, 4.69) is 25.1 Å². The van der Waals surface area contributed by atoms with E-state index in [0.717, 1.165) is 43.1 Å². The van der Waals surface area contributed by atoms with Crippen LogP contribution in [-0.4, -0.2) is 13.2 Å². The third-order valence-corrected chi connectivity index (χ3v) is 5.69. The van der Waals surface area contributed by atoms with Crippen molar-refractivity contribution >= 4 is 0 Å². The highest BCUT2D eigenvalue weighted by Crippen LogP contribution is 2.37. The zero-order chi connectivity index (χ0) is 14.7. The molecule has 1 saturated carbocycles. The van der Waals surface area contributed by atoms with Gasteiger partial charge in [-0.15, -0.1) is 0 Å². The number of fused-ring (bicyclic) bond motifs is 1. The van der Waals surface area contributed by atoms with E-state index in [-0.39, 0.29) is 0 Å². The first kappa shape index (κ1) is 14.9. The Morgan fingerprint density at radius 2 is 2.14 bits per heavy atom. The van der Waals surface area contributed by atoms with E-state index in [1.54, 1.807) is 0 Å². The minimum atomic E-state index is 0.755. The second-order valence-corrected chi connectivity index (χ2v) is 6.92. The van der Waals surface area contributed by atoms with E-state index in [1.165, 1.54) is 49.7 Å². The molecule has 1 aliphatic heterocycles. The summed E-state index contributed by atoms with van der Waals surface area (Å²) in [6.45, 7) is 4.07. The Balaban J connectivity index is 1.60. The van der Waals surface area contributed by atoms with Gasteiger partial charge >= 0.3 is 0 Å². The largest absolute Gasteiger partial charge is 0.493 e. The number of aryl methyl sites for hydroxylation is 1. The van der Waals surface area contributed by atoms with E-state index in [0.29, 0.717) is 0 Å². The average Bonchev–Trinajstić information content (AvgIpc) is 3.00. The van der Waals surface area contributed by atoms with E-state index in [4.69, 9.17) is 10.5 Å². The van der Waals surface area contributed by atoms with E-state index >= 15 is 0 Å². The van der Waals surface area contributed by atoms with Crippen molar-refractivity contribution < 1.29 is 4.74 Å². The summed E-state index contributed by atoms with van der Waals surface area (Å²) in [7, 11) is 0. The molecule has 2 nitrogen and oxygen atoms in total. The second kappa shape index (κ2) is 6.83. The number of rotatable bonds is 5. The molecule has 1 aromatic carbocycles. The van der Waals surface area contributed by atoms with Crippen molar-refractivity contribution in [2.24, 2.45) is 23.5 Å². The van der Waals surface area contributed by atoms with Gasteiger partial charge in [-0.1, -0.05) is 31.9 Å². The zero-order valence-electron chi connectivity index (χ0n) is 13.3. The summed E-state index contributed by atoms with van der Waals surface area (Å²) in [5, 5.41) is 0. The smallest absolute Gasteiger partial charge is 0.122 e. The van der Waals surface area contributed by atoms with Crippen LogP contribution in [0.5, 0.6) is 5.75 Å². The fourth-order valence-corrected chi connectivity index (χ4v) is 4.21. The van der Waals surface area contributed by atoms with Crippen molar-refractivity contribution in [2.45, 2.75) is 51.9 Å². The predicted octanol–water partition coefficient (Wildman–Crippen LogP) is 3.96. The van der Waals surface area contributed by atoms with Gasteiger partial charge in [0.15, 0.2) is 0 Å². The standard InChI is InChI=1S/C19H29NO/c1-2-14-3-7-18(13-20)16(11-14)6-4-15-5-8-19-17(12-15)9-10-21-19/h5,8,12,14,16,18H,2-4,6-7,9-11,13,20H2,1H3. The maximum atomic E-state index is 6.01. The van der Waals surface area contributed by atoms with Crippen LogP contribution in [0.15, 0.2) is 18.2 Å². The van der Waals surface area contributed by atoms with Gasteiger partial charge in [0.25, 0.3) is 0 Å². The van der Waals surface area contributed by atoms with Crippen LogP contribution in [0, 0.1) is 17.8 Å². The van der Waals surface area contributed by atoms with Crippen molar-refractivity contribution in [3.05, 3.63) is 29.3 Å². The molecule has 1 aromatic rings. The van der Waals surface area contributed by atoms with Gasteiger partial charge in [0, 0.05) is 6.42 Å². The lowest BCUT2D eigenvalue weighted by Gasteiger charge is -2.35. The van der Waals surface area contributed by atoms with Gasteiger partial charge in [-0.3, -0.25) is 0 Å². The molecule has 1 aliphatic carbocycles. The molecule has 2 N–H and O–H groups in total. The number of benzene rings is 1. The molecule has 116 valence electrons. The molecule has 0 spiro atoms.